The lowest BCUT2D eigenvalue weighted by atomic mass is 10.4. The Bertz CT molecular complexity index is 582. The van der Waals surface area contributed by atoms with Gasteiger partial charge in [0.25, 0.3) is 0 Å². The van der Waals surface area contributed by atoms with E-state index in [0.29, 0.717) is 0 Å². The van der Waals surface area contributed by atoms with Crippen molar-refractivity contribution in [3.63, 3.8) is 0 Å². The van der Waals surface area contributed by atoms with Gasteiger partial charge in [0.15, 0.2) is 0 Å². The van der Waals surface area contributed by atoms with Crippen LogP contribution in [-0.4, -0.2) is 24.7 Å². The number of rotatable bonds is 9. The van der Waals surface area contributed by atoms with E-state index in [9.17, 15) is 9.13 Å². The van der Waals surface area contributed by atoms with E-state index in [2.05, 4.69) is 0 Å². The molecular weight excluding hydrogens is 348 g/mol. The van der Waals surface area contributed by atoms with Crippen LogP contribution >= 0.6 is 15.0 Å². The monoisotopic (exact) mass is 370 g/mol. The van der Waals surface area contributed by atoms with Crippen molar-refractivity contribution < 1.29 is 31.5 Å². The van der Waals surface area contributed by atoms with Gasteiger partial charge in [0.1, 0.15) is 0 Å². The van der Waals surface area contributed by atoms with Gasteiger partial charge in [0.05, 0.1) is 19.3 Å². The van der Waals surface area contributed by atoms with Gasteiger partial charge in [0.2, 0.25) is 0 Å². The predicted molar refractivity (Wildman–Crippen MR) is 85.7 cm³/mol. The van der Waals surface area contributed by atoms with Gasteiger partial charge in [-0.1, -0.05) is 18.2 Å². The van der Waals surface area contributed by atoms with Crippen molar-refractivity contribution in [3.8, 4) is 0 Å². The van der Waals surface area contributed by atoms with Gasteiger partial charge in [-0.3, -0.25) is 9.13 Å². The summed E-state index contributed by atoms with van der Waals surface area (Å²) in [5.74, 6) is 0. The fourth-order valence-electron chi connectivity index (χ4n) is 1.89. The molecule has 0 N–H and O–H groups in total. The molecule has 0 radical (unpaired) electrons. The molecule has 0 amide bonds. The first-order valence-electron chi connectivity index (χ1n) is 7.25. The smallest absolute Gasteiger partial charge is 0.318 e. The summed E-state index contributed by atoms with van der Waals surface area (Å²) in [6.45, 7) is 5.19. The van der Waals surface area contributed by atoms with Crippen molar-refractivity contribution >= 4 is 20.3 Å². The van der Waals surface area contributed by atoms with E-state index in [1.165, 1.54) is 52.0 Å². The third-order valence-electron chi connectivity index (χ3n) is 2.74. The molecule has 0 saturated heterocycles. The topological polar surface area (TPSA) is 61.8 Å². The lowest BCUT2D eigenvalue weighted by Crippen LogP contribution is -2.29. The first kappa shape index (κ1) is 20.5. The predicted octanol–water partition coefficient (Wildman–Crippen LogP) is 4.83. The largest absolute Gasteiger partial charge is 0.422 e. The summed E-state index contributed by atoms with van der Waals surface area (Å²) in [6, 6.07) is 6.99. The summed E-state index contributed by atoms with van der Waals surface area (Å²) < 4.78 is 70.3. The second-order valence-corrected chi connectivity index (χ2v) is 9.70. The number of hydrogen-bond acceptors (Lipinski definition) is 5. The first-order valence-corrected chi connectivity index (χ1v) is 10.4. The van der Waals surface area contributed by atoms with E-state index in [-0.39, 0.29) is 18.5 Å². The van der Waals surface area contributed by atoms with E-state index in [1.54, 1.807) is 6.07 Å². The standard InChI is InChI=1S/C14H22F2O5P2/c1-5-19-23(18,20-6-2)14(15,16)22(17,21-12(3)4)13-10-8-7-9-11-13/h7-12H,5-6H2,1-4H3. The first-order chi connectivity index (χ1) is 10.6. The van der Waals surface area contributed by atoms with Crippen LogP contribution in [0.3, 0.4) is 0 Å². The molecule has 1 aromatic carbocycles. The molecule has 0 aliphatic rings. The maximum Gasteiger partial charge on any atom is 0.422 e. The zero-order valence-electron chi connectivity index (χ0n) is 13.6. The van der Waals surface area contributed by atoms with Crippen LogP contribution in [0.1, 0.15) is 27.7 Å². The molecule has 132 valence electrons. The number of halogens is 2. The summed E-state index contributed by atoms with van der Waals surface area (Å²) in [4.78, 5) is 0. The van der Waals surface area contributed by atoms with Crippen LogP contribution in [0.15, 0.2) is 30.3 Å². The van der Waals surface area contributed by atoms with Crippen LogP contribution in [0, 0.1) is 0 Å². The average molecular weight is 370 g/mol. The molecule has 9 heteroatoms. The van der Waals surface area contributed by atoms with E-state index < -0.39 is 26.5 Å². The summed E-state index contributed by atoms with van der Waals surface area (Å²) >= 11 is 0. The lowest BCUT2D eigenvalue weighted by molar-refractivity contribution is 0.0840. The van der Waals surface area contributed by atoms with Gasteiger partial charge in [-0.05, 0) is 39.8 Å². The summed E-state index contributed by atoms with van der Waals surface area (Å²) in [5.41, 5.74) is 0. The molecule has 0 spiro atoms. The van der Waals surface area contributed by atoms with Gasteiger partial charge in [-0.15, -0.1) is 0 Å². The zero-order valence-corrected chi connectivity index (χ0v) is 15.4. The fourth-order valence-corrected chi connectivity index (χ4v) is 6.80. The van der Waals surface area contributed by atoms with Crippen LogP contribution in [0.4, 0.5) is 8.78 Å². The summed E-state index contributed by atoms with van der Waals surface area (Å²) in [7, 11) is -9.85. The number of benzene rings is 1. The third kappa shape index (κ3) is 4.09. The average Bonchev–Trinajstić information content (AvgIpc) is 2.47. The normalized spacial score (nSPS) is 15.6. The minimum atomic E-state index is -4.99. The maximum absolute atomic E-state index is 15.0. The Hall–Kier alpha value is -0.580. The van der Waals surface area contributed by atoms with Crippen molar-refractivity contribution in [2.75, 3.05) is 13.2 Å². The van der Waals surface area contributed by atoms with Crippen LogP contribution in [0.5, 0.6) is 0 Å². The van der Waals surface area contributed by atoms with Crippen molar-refractivity contribution in [3.05, 3.63) is 30.3 Å². The zero-order chi connectivity index (χ0) is 17.7. The summed E-state index contributed by atoms with van der Waals surface area (Å²) in [5, 5.41) is -4.55. The number of alkyl halides is 2. The van der Waals surface area contributed by atoms with Crippen molar-refractivity contribution in [1.82, 2.24) is 0 Å². The Balaban J connectivity index is 3.51. The van der Waals surface area contributed by atoms with Crippen molar-refractivity contribution in [2.45, 2.75) is 39.2 Å². The Morgan fingerprint density at radius 2 is 1.52 bits per heavy atom. The molecule has 0 bridgehead atoms. The third-order valence-corrected chi connectivity index (χ3v) is 8.52. The SMILES string of the molecule is CCOP(=O)(OCC)C(F)(F)P(=O)(OC(C)C)c1ccccc1. The Kier molecular flexibility index (Phi) is 7.12. The molecule has 0 aromatic heterocycles. The van der Waals surface area contributed by atoms with Gasteiger partial charge in [-0.2, -0.15) is 8.78 Å². The van der Waals surface area contributed by atoms with Crippen molar-refractivity contribution in [1.29, 1.82) is 0 Å². The molecule has 0 heterocycles. The summed E-state index contributed by atoms with van der Waals surface area (Å²) in [6.07, 6.45) is -0.774. The lowest BCUT2D eigenvalue weighted by Gasteiger charge is -2.32. The second-order valence-electron chi connectivity index (χ2n) is 4.88. The minimum Gasteiger partial charge on any atom is -0.318 e. The van der Waals surface area contributed by atoms with Gasteiger partial charge in [0, 0.05) is 5.30 Å². The molecule has 0 aliphatic heterocycles. The van der Waals surface area contributed by atoms with E-state index in [0.717, 1.165) is 0 Å². The van der Waals surface area contributed by atoms with Gasteiger partial charge < -0.3 is 13.6 Å². The van der Waals surface area contributed by atoms with Gasteiger partial charge >= 0.3 is 20.4 Å². The number of hydrogen-bond donors (Lipinski definition) is 0. The molecule has 1 atom stereocenters. The highest BCUT2D eigenvalue weighted by Gasteiger charge is 2.68. The molecule has 0 aliphatic carbocycles. The maximum atomic E-state index is 15.0. The minimum absolute atomic E-state index is 0.238. The van der Waals surface area contributed by atoms with E-state index >= 15 is 8.78 Å². The van der Waals surface area contributed by atoms with Crippen LogP contribution in [-0.2, 0) is 22.7 Å². The van der Waals surface area contributed by atoms with Crippen LogP contribution in [0.25, 0.3) is 0 Å². The quantitative estimate of drug-likeness (QED) is 0.583. The van der Waals surface area contributed by atoms with Gasteiger partial charge in [-0.25, -0.2) is 0 Å². The highest BCUT2D eigenvalue weighted by Crippen LogP contribution is 2.78. The molecular formula is C14H22F2O5P2. The molecule has 1 rings (SSSR count). The van der Waals surface area contributed by atoms with Crippen LogP contribution < -0.4 is 5.30 Å². The fraction of sp³-hybridized carbons (Fsp3) is 0.571. The molecule has 1 aromatic rings. The molecule has 0 saturated carbocycles. The van der Waals surface area contributed by atoms with Crippen LogP contribution in [0.2, 0.25) is 0 Å². The molecule has 0 fully saturated rings. The Labute approximate surface area is 135 Å². The molecule has 23 heavy (non-hydrogen) atoms. The van der Waals surface area contributed by atoms with E-state index in [1.807, 2.05) is 0 Å². The second kappa shape index (κ2) is 8.00. The van der Waals surface area contributed by atoms with Crippen molar-refractivity contribution in [2.24, 2.45) is 0 Å². The Morgan fingerprint density at radius 1 is 1.04 bits per heavy atom. The Morgan fingerprint density at radius 3 is 1.91 bits per heavy atom. The highest BCUT2D eigenvalue weighted by molar-refractivity contribution is 7.80. The highest BCUT2D eigenvalue weighted by atomic mass is 31.2. The van der Waals surface area contributed by atoms with E-state index in [4.69, 9.17) is 13.6 Å². The molecule has 1 unspecified atom stereocenters. The molecule has 5 nitrogen and oxygen atoms in total.